The molecule has 172 valence electrons. The minimum atomic E-state index is 0. The number of benzene rings is 1. The maximum atomic E-state index is 5.39. The van der Waals surface area contributed by atoms with Gasteiger partial charge in [-0.15, -0.1) is 24.0 Å². The van der Waals surface area contributed by atoms with E-state index in [2.05, 4.69) is 50.9 Å². The summed E-state index contributed by atoms with van der Waals surface area (Å²) >= 11 is 0. The molecule has 31 heavy (non-hydrogen) atoms. The molecule has 1 aliphatic heterocycles. The second-order valence-electron chi connectivity index (χ2n) is 7.72. The molecule has 9 heteroatoms. The summed E-state index contributed by atoms with van der Waals surface area (Å²) in [5.41, 5.74) is 2.39. The minimum Gasteiger partial charge on any atom is -0.497 e. The van der Waals surface area contributed by atoms with Crippen LogP contribution in [0, 0.1) is 6.92 Å². The van der Waals surface area contributed by atoms with Gasteiger partial charge in [-0.3, -0.25) is 14.6 Å². The quantitative estimate of drug-likeness (QED) is 0.220. The summed E-state index contributed by atoms with van der Waals surface area (Å²) in [5.74, 6) is 2.52. The van der Waals surface area contributed by atoms with E-state index in [1.54, 1.807) is 14.2 Å². The average Bonchev–Trinajstić information content (AvgIpc) is 3.38. The smallest absolute Gasteiger partial charge is 0.191 e. The van der Waals surface area contributed by atoms with Gasteiger partial charge in [-0.25, -0.2) is 0 Å². The highest BCUT2D eigenvalue weighted by atomic mass is 127. The Labute approximate surface area is 202 Å². The van der Waals surface area contributed by atoms with E-state index in [-0.39, 0.29) is 24.0 Å². The van der Waals surface area contributed by atoms with Gasteiger partial charge in [-0.05, 0) is 43.0 Å². The first kappa shape index (κ1) is 25.3. The van der Waals surface area contributed by atoms with Gasteiger partial charge in [0.15, 0.2) is 5.96 Å². The largest absolute Gasteiger partial charge is 0.497 e. The van der Waals surface area contributed by atoms with E-state index in [0.717, 1.165) is 63.0 Å². The molecule has 0 spiro atoms. The summed E-state index contributed by atoms with van der Waals surface area (Å²) in [4.78, 5) is 6.82. The predicted octanol–water partition coefficient (Wildman–Crippen LogP) is 2.66. The molecule has 1 atom stereocenters. The van der Waals surface area contributed by atoms with E-state index >= 15 is 0 Å². The zero-order valence-corrected chi connectivity index (χ0v) is 21.3. The first-order valence-corrected chi connectivity index (χ1v) is 10.5. The highest BCUT2D eigenvalue weighted by molar-refractivity contribution is 14.0. The topological polar surface area (TPSA) is 75.9 Å². The maximum absolute atomic E-state index is 5.39. The van der Waals surface area contributed by atoms with Gasteiger partial charge in [0.1, 0.15) is 11.5 Å². The van der Waals surface area contributed by atoms with Crippen molar-refractivity contribution in [1.29, 1.82) is 0 Å². The van der Waals surface area contributed by atoms with Crippen molar-refractivity contribution in [3.63, 3.8) is 0 Å². The third kappa shape index (κ3) is 7.88. The number of halogens is 1. The molecule has 8 nitrogen and oxygen atoms in total. The number of likely N-dealkylation sites (tertiary alicyclic amines) is 1. The monoisotopic (exact) mass is 542 g/mol. The number of nitrogens with zero attached hydrogens (tertiary/aromatic N) is 4. The fourth-order valence-electron chi connectivity index (χ4n) is 3.73. The fraction of sp³-hybridized carbons (Fsp3) is 0.545. The van der Waals surface area contributed by atoms with E-state index in [4.69, 9.17) is 9.47 Å². The lowest BCUT2D eigenvalue weighted by atomic mass is 10.2. The second kappa shape index (κ2) is 12.7. The van der Waals surface area contributed by atoms with E-state index < -0.39 is 0 Å². The summed E-state index contributed by atoms with van der Waals surface area (Å²) in [6.07, 6.45) is 6.05. The third-order valence-corrected chi connectivity index (χ3v) is 5.27. The van der Waals surface area contributed by atoms with Crippen molar-refractivity contribution in [2.75, 3.05) is 40.9 Å². The molecule has 1 aromatic carbocycles. The first-order valence-electron chi connectivity index (χ1n) is 10.5. The van der Waals surface area contributed by atoms with Crippen molar-refractivity contribution in [3.05, 3.63) is 41.7 Å². The number of guanidine groups is 1. The molecule has 0 saturated carbocycles. The summed E-state index contributed by atoms with van der Waals surface area (Å²) in [7, 11) is 5.19. The number of hydrogen-bond donors (Lipinski definition) is 2. The third-order valence-electron chi connectivity index (χ3n) is 5.27. The lowest BCUT2D eigenvalue weighted by Gasteiger charge is -2.19. The highest BCUT2D eigenvalue weighted by Gasteiger charge is 2.23. The molecule has 1 aromatic heterocycles. The van der Waals surface area contributed by atoms with Crippen LogP contribution in [0.5, 0.6) is 11.5 Å². The molecule has 2 aromatic rings. The number of ether oxygens (including phenoxy) is 2. The van der Waals surface area contributed by atoms with Crippen molar-refractivity contribution < 1.29 is 9.47 Å². The van der Waals surface area contributed by atoms with Crippen LogP contribution in [0.2, 0.25) is 0 Å². The molecule has 1 aliphatic rings. The Morgan fingerprint density at radius 2 is 1.97 bits per heavy atom. The number of rotatable bonds is 9. The standard InChI is InChI=1S/C22H34N6O2.HI/c1-17-13-25-28(14-17)8-5-7-24-22(23-2)26-19-6-9-27(16-19)15-18-10-20(29-3)12-21(11-18)30-4;/h10-14,19H,5-9,15-16H2,1-4H3,(H2,23,24,26);1H. The van der Waals surface area contributed by atoms with E-state index in [0.29, 0.717) is 6.04 Å². The van der Waals surface area contributed by atoms with E-state index in [1.807, 2.05) is 24.0 Å². The van der Waals surface area contributed by atoms with Gasteiger partial charge >= 0.3 is 0 Å². The molecular weight excluding hydrogens is 507 g/mol. The summed E-state index contributed by atoms with van der Waals surface area (Å²) in [5, 5.41) is 11.3. The van der Waals surface area contributed by atoms with Crippen LogP contribution in [0.3, 0.4) is 0 Å². The Balaban J connectivity index is 0.00000341. The molecule has 1 fully saturated rings. The Morgan fingerprint density at radius 3 is 2.58 bits per heavy atom. The van der Waals surface area contributed by atoms with Crippen molar-refractivity contribution in [2.24, 2.45) is 4.99 Å². The van der Waals surface area contributed by atoms with Crippen LogP contribution in [-0.4, -0.2) is 67.6 Å². The van der Waals surface area contributed by atoms with Gasteiger partial charge in [-0.1, -0.05) is 0 Å². The number of nitrogens with one attached hydrogen (secondary N) is 2. The Hall–Kier alpha value is -2.01. The van der Waals surface area contributed by atoms with Crippen LogP contribution in [-0.2, 0) is 13.1 Å². The zero-order chi connectivity index (χ0) is 21.3. The minimum absolute atomic E-state index is 0. The number of aliphatic imine (C=N–C) groups is 1. The van der Waals surface area contributed by atoms with Gasteiger partial charge in [0, 0.05) is 58.1 Å². The van der Waals surface area contributed by atoms with Gasteiger partial charge in [-0.2, -0.15) is 5.10 Å². The predicted molar refractivity (Wildman–Crippen MR) is 135 cm³/mol. The van der Waals surface area contributed by atoms with E-state index in [1.165, 1.54) is 11.1 Å². The molecule has 0 radical (unpaired) electrons. The lowest BCUT2D eigenvalue weighted by molar-refractivity contribution is 0.321. The Morgan fingerprint density at radius 1 is 1.23 bits per heavy atom. The first-order chi connectivity index (χ1) is 14.6. The van der Waals surface area contributed by atoms with Gasteiger partial charge in [0.05, 0.1) is 20.4 Å². The molecule has 1 saturated heterocycles. The van der Waals surface area contributed by atoms with Crippen molar-refractivity contribution in [3.8, 4) is 11.5 Å². The second-order valence-corrected chi connectivity index (χ2v) is 7.72. The van der Waals surface area contributed by atoms with Crippen LogP contribution in [0.4, 0.5) is 0 Å². The van der Waals surface area contributed by atoms with Crippen LogP contribution in [0.15, 0.2) is 35.6 Å². The summed E-state index contributed by atoms with van der Waals surface area (Å²) < 4.78 is 12.8. The molecular formula is C22H35IN6O2. The normalized spacial score (nSPS) is 16.6. The van der Waals surface area contributed by atoms with Crippen LogP contribution in [0.25, 0.3) is 0 Å². The number of hydrogen-bond acceptors (Lipinski definition) is 5. The number of aryl methyl sites for hydroxylation is 2. The van der Waals surface area contributed by atoms with E-state index in [9.17, 15) is 0 Å². The fourth-order valence-corrected chi connectivity index (χ4v) is 3.73. The molecule has 0 aliphatic carbocycles. The van der Waals surface area contributed by atoms with Crippen LogP contribution < -0.4 is 20.1 Å². The molecule has 0 bridgehead atoms. The summed E-state index contributed by atoms with van der Waals surface area (Å²) in [6.45, 7) is 6.72. The van der Waals surface area contributed by atoms with Crippen molar-refractivity contribution in [2.45, 2.75) is 38.9 Å². The van der Waals surface area contributed by atoms with Crippen LogP contribution >= 0.6 is 24.0 Å². The Bertz CT molecular complexity index is 819. The molecule has 3 rings (SSSR count). The van der Waals surface area contributed by atoms with Gasteiger partial charge < -0.3 is 20.1 Å². The Kier molecular flexibility index (Phi) is 10.4. The van der Waals surface area contributed by atoms with Gasteiger partial charge in [0.2, 0.25) is 0 Å². The molecule has 1 unspecified atom stereocenters. The SMILES string of the molecule is CN=C(NCCCn1cc(C)cn1)NC1CCN(Cc2cc(OC)cc(OC)c2)C1.I. The molecule has 0 amide bonds. The average molecular weight is 542 g/mol. The van der Waals surface area contributed by atoms with Crippen LogP contribution in [0.1, 0.15) is 24.0 Å². The lowest BCUT2D eigenvalue weighted by Crippen LogP contribution is -2.44. The number of methoxy groups -OCH3 is 2. The zero-order valence-electron chi connectivity index (χ0n) is 18.9. The van der Waals surface area contributed by atoms with Crippen molar-refractivity contribution in [1.82, 2.24) is 25.3 Å². The number of aromatic nitrogens is 2. The molecule has 2 heterocycles. The van der Waals surface area contributed by atoms with Gasteiger partial charge in [0.25, 0.3) is 0 Å². The highest BCUT2D eigenvalue weighted by Crippen LogP contribution is 2.24. The summed E-state index contributed by atoms with van der Waals surface area (Å²) in [6, 6.07) is 6.44. The molecule has 2 N–H and O–H groups in total. The van der Waals surface area contributed by atoms with Crippen molar-refractivity contribution >= 4 is 29.9 Å². The maximum Gasteiger partial charge on any atom is 0.191 e.